The number of nitrogens with one attached hydrogen (secondary N) is 2. The number of amides is 2. The maximum atomic E-state index is 12.4. The zero-order valence-corrected chi connectivity index (χ0v) is 15.1. The molecule has 0 bridgehead atoms. The molecule has 0 aliphatic heterocycles. The Balaban J connectivity index is 1.97. The number of benzene rings is 2. The molecule has 28 heavy (non-hydrogen) atoms. The average molecular weight is 392 g/mol. The zero-order chi connectivity index (χ0) is 20.5. The molecule has 0 fully saturated rings. The van der Waals surface area contributed by atoms with E-state index in [9.17, 15) is 18.4 Å². The number of hydrogen-bond donors (Lipinski definition) is 2. The highest BCUT2D eigenvalue weighted by Gasteiger charge is 2.11. The Morgan fingerprint density at radius 3 is 2.36 bits per heavy atom. The molecule has 7 nitrogen and oxygen atoms in total. The fourth-order valence-electron chi connectivity index (χ4n) is 2.20. The SMILES string of the molecule is COc1ccc(C(=O)NNC(=O)/C=C/c2ccccc2OC(F)F)cc1OC. The molecule has 0 radical (unpaired) electrons. The molecule has 0 aliphatic rings. The van der Waals surface area contributed by atoms with Gasteiger partial charge in [-0.15, -0.1) is 0 Å². The number of para-hydroxylation sites is 1. The van der Waals surface area contributed by atoms with Gasteiger partial charge in [0.1, 0.15) is 5.75 Å². The van der Waals surface area contributed by atoms with Crippen LogP contribution in [0.3, 0.4) is 0 Å². The summed E-state index contributed by atoms with van der Waals surface area (Å²) in [6.45, 7) is -2.98. The number of rotatable bonds is 7. The summed E-state index contributed by atoms with van der Waals surface area (Å²) >= 11 is 0. The summed E-state index contributed by atoms with van der Waals surface area (Å²) in [7, 11) is 2.90. The highest BCUT2D eigenvalue weighted by atomic mass is 19.3. The van der Waals surface area contributed by atoms with Crippen LogP contribution in [0.1, 0.15) is 15.9 Å². The molecule has 0 saturated heterocycles. The number of hydrazine groups is 1. The van der Waals surface area contributed by atoms with Gasteiger partial charge in [0.2, 0.25) is 0 Å². The molecule has 0 unspecified atom stereocenters. The van der Waals surface area contributed by atoms with Gasteiger partial charge in [0.05, 0.1) is 14.2 Å². The number of carbonyl (C=O) groups is 2. The summed E-state index contributed by atoms with van der Waals surface area (Å²) < 4.78 is 39.3. The Morgan fingerprint density at radius 2 is 1.68 bits per heavy atom. The van der Waals surface area contributed by atoms with Crippen LogP contribution < -0.4 is 25.1 Å². The van der Waals surface area contributed by atoms with E-state index in [0.29, 0.717) is 11.5 Å². The minimum Gasteiger partial charge on any atom is -0.493 e. The first-order valence-corrected chi connectivity index (χ1v) is 7.99. The van der Waals surface area contributed by atoms with Crippen molar-refractivity contribution in [3.05, 3.63) is 59.7 Å². The molecule has 2 N–H and O–H groups in total. The number of hydrogen-bond acceptors (Lipinski definition) is 5. The topological polar surface area (TPSA) is 85.9 Å². The van der Waals surface area contributed by atoms with E-state index < -0.39 is 18.4 Å². The van der Waals surface area contributed by atoms with Gasteiger partial charge in [0.15, 0.2) is 11.5 Å². The lowest BCUT2D eigenvalue weighted by atomic mass is 10.2. The van der Waals surface area contributed by atoms with Crippen LogP contribution in [0.15, 0.2) is 48.5 Å². The molecular weight excluding hydrogens is 374 g/mol. The second-order valence-electron chi connectivity index (χ2n) is 5.26. The third kappa shape index (κ3) is 5.70. The maximum absolute atomic E-state index is 12.4. The number of halogens is 2. The molecule has 0 heterocycles. The zero-order valence-electron chi connectivity index (χ0n) is 15.1. The van der Waals surface area contributed by atoms with Gasteiger partial charge in [0.25, 0.3) is 11.8 Å². The predicted molar refractivity (Wildman–Crippen MR) is 97.3 cm³/mol. The lowest BCUT2D eigenvalue weighted by molar-refractivity contribution is -0.117. The van der Waals surface area contributed by atoms with E-state index in [1.54, 1.807) is 12.1 Å². The second-order valence-corrected chi connectivity index (χ2v) is 5.26. The average Bonchev–Trinajstić information content (AvgIpc) is 2.70. The van der Waals surface area contributed by atoms with Gasteiger partial charge < -0.3 is 14.2 Å². The summed E-state index contributed by atoms with van der Waals surface area (Å²) in [6.07, 6.45) is 2.36. The molecule has 9 heteroatoms. The monoisotopic (exact) mass is 392 g/mol. The molecule has 2 amide bonds. The quantitative estimate of drug-likeness (QED) is 0.559. The number of ether oxygens (including phenoxy) is 3. The Kier molecular flexibility index (Phi) is 7.32. The van der Waals surface area contributed by atoms with Crippen LogP contribution in [-0.4, -0.2) is 32.6 Å². The van der Waals surface area contributed by atoms with Crippen LogP contribution >= 0.6 is 0 Å². The molecule has 2 aromatic rings. The number of alkyl halides is 2. The first kappa shape index (κ1) is 20.7. The van der Waals surface area contributed by atoms with Gasteiger partial charge in [-0.3, -0.25) is 20.4 Å². The van der Waals surface area contributed by atoms with Crippen molar-refractivity contribution in [1.82, 2.24) is 10.9 Å². The fraction of sp³-hybridized carbons (Fsp3) is 0.158. The third-order valence-corrected chi connectivity index (χ3v) is 3.49. The summed E-state index contributed by atoms with van der Waals surface area (Å²) in [5.74, 6) is -0.506. The predicted octanol–water partition coefficient (Wildman–Crippen LogP) is 2.78. The van der Waals surface area contributed by atoms with Gasteiger partial charge >= 0.3 is 6.61 Å². The van der Waals surface area contributed by atoms with Gasteiger partial charge in [-0.2, -0.15) is 8.78 Å². The van der Waals surface area contributed by atoms with Crippen molar-refractivity contribution in [2.24, 2.45) is 0 Å². The standard InChI is InChI=1S/C19H18F2N2O5/c1-26-15-9-7-13(11-16(15)27-2)18(25)23-22-17(24)10-8-12-5-3-4-6-14(12)28-19(20)21/h3-11,19H,1-2H3,(H,22,24)(H,23,25)/b10-8+. The lowest BCUT2D eigenvalue weighted by Crippen LogP contribution is -2.40. The van der Waals surface area contributed by atoms with Crippen LogP contribution in [-0.2, 0) is 4.79 Å². The van der Waals surface area contributed by atoms with E-state index in [0.717, 1.165) is 6.08 Å². The normalized spacial score (nSPS) is 10.6. The van der Waals surface area contributed by atoms with Crippen molar-refractivity contribution in [3.8, 4) is 17.2 Å². The van der Waals surface area contributed by atoms with Gasteiger partial charge in [-0.05, 0) is 30.3 Å². The molecule has 2 rings (SSSR count). The van der Waals surface area contributed by atoms with Crippen LogP contribution in [0.25, 0.3) is 6.08 Å². The van der Waals surface area contributed by atoms with E-state index in [1.165, 1.54) is 50.6 Å². The minimum absolute atomic E-state index is 0.0732. The smallest absolute Gasteiger partial charge is 0.387 e. The van der Waals surface area contributed by atoms with Gasteiger partial charge in [-0.1, -0.05) is 18.2 Å². The highest BCUT2D eigenvalue weighted by molar-refractivity contribution is 5.98. The van der Waals surface area contributed by atoms with E-state index >= 15 is 0 Å². The van der Waals surface area contributed by atoms with Crippen LogP contribution in [0.4, 0.5) is 8.78 Å². The van der Waals surface area contributed by atoms with E-state index in [2.05, 4.69) is 15.6 Å². The Hall–Kier alpha value is -3.62. The molecular formula is C19H18F2N2O5. The summed E-state index contributed by atoms with van der Waals surface area (Å²) in [4.78, 5) is 24.0. The molecule has 0 aromatic heterocycles. The molecule has 2 aromatic carbocycles. The van der Waals surface area contributed by atoms with Crippen LogP contribution in [0.2, 0.25) is 0 Å². The van der Waals surface area contributed by atoms with Crippen molar-refractivity contribution < 1.29 is 32.6 Å². The van der Waals surface area contributed by atoms with Crippen LogP contribution in [0.5, 0.6) is 17.2 Å². The van der Waals surface area contributed by atoms with Crippen LogP contribution in [0, 0.1) is 0 Å². The Bertz CT molecular complexity index is 871. The molecule has 0 aliphatic carbocycles. The van der Waals surface area contributed by atoms with E-state index in [4.69, 9.17) is 9.47 Å². The molecule has 0 saturated carbocycles. The molecule has 0 atom stereocenters. The first-order chi connectivity index (χ1) is 13.4. The number of carbonyl (C=O) groups excluding carboxylic acids is 2. The molecule has 148 valence electrons. The number of methoxy groups -OCH3 is 2. The third-order valence-electron chi connectivity index (χ3n) is 3.49. The van der Waals surface area contributed by atoms with Crippen molar-refractivity contribution in [1.29, 1.82) is 0 Å². The van der Waals surface area contributed by atoms with Crippen molar-refractivity contribution >= 4 is 17.9 Å². The second kappa shape index (κ2) is 9.91. The molecule has 0 spiro atoms. The lowest BCUT2D eigenvalue weighted by Gasteiger charge is -2.10. The Morgan fingerprint density at radius 1 is 0.964 bits per heavy atom. The Labute approximate surface area is 159 Å². The summed E-state index contributed by atoms with van der Waals surface area (Å²) in [5, 5.41) is 0. The van der Waals surface area contributed by atoms with Crippen molar-refractivity contribution in [2.45, 2.75) is 6.61 Å². The highest BCUT2D eigenvalue weighted by Crippen LogP contribution is 2.27. The fourth-order valence-corrected chi connectivity index (χ4v) is 2.20. The van der Waals surface area contributed by atoms with Gasteiger partial charge in [-0.25, -0.2) is 0 Å². The maximum Gasteiger partial charge on any atom is 0.387 e. The van der Waals surface area contributed by atoms with Gasteiger partial charge in [0, 0.05) is 17.2 Å². The summed E-state index contributed by atoms with van der Waals surface area (Å²) in [6, 6.07) is 10.5. The largest absolute Gasteiger partial charge is 0.493 e. The van der Waals surface area contributed by atoms with Crippen molar-refractivity contribution in [2.75, 3.05) is 14.2 Å². The summed E-state index contributed by atoms with van der Waals surface area (Å²) in [5.41, 5.74) is 4.94. The minimum atomic E-state index is -2.98. The van der Waals surface area contributed by atoms with Crippen molar-refractivity contribution in [3.63, 3.8) is 0 Å². The van der Waals surface area contributed by atoms with E-state index in [-0.39, 0.29) is 16.9 Å². The first-order valence-electron chi connectivity index (χ1n) is 7.99. The van der Waals surface area contributed by atoms with E-state index in [1.807, 2.05) is 0 Å².